The second kappa shape index (κ2) is 3.26. The molecule has 6 aliphatic rings. The Hall–Kier alpha value is -0.210. The summed E-state index contributed by atoms with van der Waals surface area (Å²) in [4.78, 5) is 12.5. The molecule has 126 valence electrons. The summed E-state index contributed by atoms with van der Waals surface area (Å²) < 4.78 is 24.4. The third kappa shape index (κ3) is 0.970. The number of halogens is 1. The minimum absolute atomic E-state index is 0.0390. The number of alkyl halides is 1. The van der Waals surface area contributed by atoms with Crippen LogP contribution in [0.5, 0.6) is 0 Å². The Kier molecular flexibility index (Phi) is 1.98. The zero-order chi connectivity index (χ0) is 16.2. The van der Waals surface area contributed by atoms with Crippen molar-refractivity contribution < 1.29 is 28.8 Å². The number of aliphatic hydroxyl groups excluding tert-OH is 1. The predicted octanol–water partition coefficient (Wildman–Crippen LogP) is 0.735. The molecule has 10 atom stereocenters. The summed E-state index contributed by atoms with van der Waals surface area (Å²) in [6, 6.07) is 0. The fourth-order valence-corrected chi connectivity index (χ4v) is 7.65. The normalized spacial score (nSPS) is 72.9. The second-order valence-corrected chi connectivity index (χ2v) is 9.32. The van der Waals surface area contributed by atoms with E-state index in [0.29, 0.717) is 11.8 Å². The lowest BCUT2D eigenvalue weighted by Crippen LogP contribution is -2.68. The van der Waals surface area contributed by atoms with Crippen molar-refractivity contribution in [2.24, 2.45) is 16.7 Å². The lowest BCUT2D eigenvalue weighted by molar-refractivity contribution is -0.231. The van der Waals surface area contributed by atoms with Crippen LogP contribution in [0.15, 0.2) is 0 Å². The van der Waals surface area contributed by atoms with E-state index in [2.05, 4.69) is 36.7 Å². The van der Waals surface area contributed by atoms with Gasteiger partial charge in [0.2, 0.25) is 0 Å². The van der Waals surface area contributed by atoms with Crippen molar-refractivity contribution in [3.8, 4) is 0 Å². The molecule has 6 nitrogen and oxygen atoms in total. The number of hydrogen-bond acceptors (Lipinski definition) is 6. The van der Waals surface area contributed by atoms with Gasteiger partial charge in [-0.25, -0.2) is 4.79 Å². The van der Waals surface area contributed by atoms with Crippen LogP contribution in [0.3, 0.4) is 0 Å². The van der Waals surface area contributed by atoms with Crippen LogP contribution in [0.25, 0.3) is 0 Å². The van der Waals surface area contributed by atoms with Gasteiger partial charge in [0.1, 0.15) is 18.3 Å². The molecule has 0 aromatic carbocycles. The first-order valence-electron chi connectivity index (χ1n) is 8.20. The van der Waals surface area contributed by atoms with E-state index in [0.717, 1.165) is 0 Å². The molecular formula is C16H19BrO6. The molecule has 2 saturated carbocycles. The summed E-state index contributed by atoms with van der Waals surface area (Å²) in [5, 5.41) is 11.5. The minimum atomic E-state index is -0.922. The van der Waals surface area contributed by atoms with Gasteiger partial charge < -0.3 is 24.1 Å². The molecule has 6 rings (SSSR count). The molecule has 0 aromatic rings. The molecule has 0 aromatic heterocycles. The highest BCUT2D eigenvalue weighted by Crippen LogP contribution is 2.84. The van der Waals surface area contributed by atoms with Gasteiger partial charge in [0.25, 0.3) is 0 Å². The SMILES string of the molecule is CC12C(O)OC3C4OC(=O)[C@@]56CC1(O[C@](C)(CBr)C32)C4(C)[C@@H]5O6. The molecule has 7 heteroatoms. The molecule has 2 aliphatic carbocycles. The number of aliphatic hydroxyl groups is 1. The van der Waals surface area contributed by atoms with Crippen molar-refractivity contribution in [3.05, 3.63) is 0 Å². The molecule has 6 bridgehead atoms. The van der Waals surface area contributed by atoms with Gasteiger partial charge in [-0.15, -0.1) is 0 Å². The van der Waals surface area contributed by atoms with E-state index in [1.54, 1.807) is 0 Å². The maximum absolute atomic E-state index is 12.5. The van der Waals surface area contributed by atoms with Crippen LogP contribution < -0.4 is 0 Å². The Balaban J connectivity index is 1.69. The number of epoxide rings is 1. The molecule has 0 radical (unpaired) electrons. The van der Waals surface area contributed by atoms with E-state index < -0.39 is 40.0 Å². The highest BCUT2D eigenvalue weighted by molar-refractivity contribution is 9.09. The van der Waals surface area contributed by atoms with Gasteiger partial charge in [0.05, 0.1) is 22.0 Å². The molecular weight excluding hydrogens is 368 g/mol. The summed E-state index contributed by atoms with van der Waals surface area (Å²) in [7, 11) is 0. The van der Waals surface area contributed by atoms with Gasteiger partial charge in [0, 0.05) is 17.7 Å². The molecule has 4 heterocycles. The van der Waals surface area contributed by atoms with Gasteiger partial charge in [-0.2, -0.15) is 0 Å². The monoisotopic (exact) mass is 386 g/mol. The maximum Gasteiger partial charge on any atom is 0.341 e. The topological polar surface area (TPSA) is 77.5 Å². The van der Waals surface area contributed by atoms with Crippen LogP contribution in [0.4, 0.5) is 0 Å². The zero-order valence-electron chi connectivity index (χ0n) is 13.2. The average molecular weight is 387 g/mol. The van der Waals surface area contributed by atoms with Crippen molar-refractivity contribution >= 4 is 21.9 Å². The first kappa shape index (κ1) is 14.0. The van der Waals surface area contributed by atoms with Gasteiger partial charge in [-0.05, 0) is 6.92 Å². The van der Waals surface area contributed by atoms with E-state index >= 15 is 0 Å². The smallest absolute Gasteiger partial charge is 0.341 e. The van der Waals surface area contributed by atoms with Crippen LogP contribution in [0.2, 0.25) is 0 Å². The third-order valence-electron chi connectivity index (χ3n) is 8.06. The Morgan fingerprint density at radius 1 is 1.30 bits per heavy atom. The largest absolute Gasteiger partial charge is 0.457 e. The Bertz CT molecular complexity index is 685. The highest BCUT2D eigenvalue weighted by atomic mass is 79.9. The van der Waals surface area contributed by atoms with E-state index in [1.165, 1.54) is 0 Å². The number of rotatable bonds is 1. The van der Waals surface area contributed by atoms with E-state index in [4.69, 9.17) is 18.9 Å². The molecule has 1 spiro atoms. The second-order valence-electron chi connectivity index (χ2n) is 8.76. The molecule has 4 saturated heterocycles. The van der Waals surface area contributed by atoms with Crippen molar-refractivity contribution in [1.82, 2.24) is 0 Å². The number of fused-ring (bicyclic) bond motifs is 1. The number of esters is 1. The van der Waals surface area contributed by atoms with Crippen molar-refractivity contribution in [2.75, 3.05) is 5.33 Å². The molecule has 0 amide bonds. The minimum Gasteiger partial charge on any atom is -0.457 e. The van der Waals surface area contributed by atoms with Crippen LogP contribution in [-0.2, 0) is 23.7 Å². The van der Waals surface area contributed by atoms with Crippen molar-refractivity contribution in [3.63, 3.8) is 0 Å². The zero-order valence-corrected chi connectivity index (χ0v) is 14.8. The van der Waals surface area contributed by atoms with Crippen molar-refractivity contribution in [2.45, 2.75) is 68.6 Å². The summed E-state index contributed by atoms with van der Waals surface area (Å²) in [6.45, 7) is 6.21. The summed E-state index contributed by atoms with van der Waals surface area (Å²) >= 11 is 3.60. The third-order valence-corrected chi connectivity index (χ3v) is 9.18. The Labute approximate surface area is 141 Å². The summed E-state index contributed by atoms with van der Waals surface area (Å²) in [5.74, 6) is -0.325. The van der Waals surface area contributed by atoms with Gasteiger partial charge >= 0.3 is 5.97 Å². The Morgan fingerprint density at radius 2 is 2.04 bits per heavy atom. The van der Waals surface area contributed by atoms with Crippen LogP contribution in [0, 0.1) is 16.7 Å². The average Bonchev–Trinajstić information content (AvgIpc) is 3.09. The summed E-state index contributed by atoms with van der Waals surface area (Å²) in [5.41, 5.74) is -3.11. The molecule has 23 heavy (non-hydrogen) atoms. The lowest BCUT2D eigenvalue weighted by Gasteiger charge is -2.55. The fourth-order valence-electron chi connectivity index (χ4n) is 7.18. The Morgan fingerprint density at radius 3 is 2.74 bits per heavy atom. The van der Waals surface area contributed by atoms with Crippen molar-refractivity contribution in [1.29, 1.82) is 0 Å². The maximum atomic E-state index is 12.5. The number of hydrogen-bond donors (Lipinski definition) is 1. The number of carbonyl (C=O) groups excluding carboxylic acids is 1. The van der Waals surface area contributed by atoms with Crippen LogP contribution >= 0.6 is 15.9 Å². The van der Waals surface area contributed by atoms with Crippen LogP contribution in [0.1, 0.15) is 27.2 Å². The summed E-state index contributed by atoms with van der Waals surface area (Å²) in [6.07, 6.45) is -1.49. The standard InChI is InChI=1S/C16H19BrO6/c1-12(5-17)7-6-8-14(3)9-15(22-9,11(19)21-8)4-16(14,23-12)13(7,2)10(18)20-6/h6-10,18H,4-5H2,1-3H3/t6?,7?,8?,9-,10?,12+,13?,14?,15+,16?/m0/s1. The molecule has 7 unspecified atom stereocenters. The van der Waals surface area contributed by atoms with E-state index in [1.807, 2.05) is 0 Å². The fraction of sp³-hybridized carbons (Fsp3) is 0.938. The van der Waals surface area contributed by atoms with Gasteiger partial charge in [0.15, 0.2) is 11.9 Å². The molecule has 1 N–H and O–H groups in total. The van der Waals surface area contributed by atoms with Gasteiger partial charge in [-0.3, -0.25) is 0 Å². The van der Waals surface area contributed by atoms with Gasteiger partial charge in [-0.1, -0.05) is 29.8 Å². The van der Waals surface area contributed by atoms with Crippen LogP contribution in [-0.4, -0.2) is 57.8 Å². The first-order valence-corrected chi connectivity index (χ1v) is 9.32. The van der Waals surface area contributed by atoms with E-state index in [9.17, 15) is 9.90 Å². The quantitative estimate of drug-likeness (QED) is 0.406. The molecule has 4 aliphatic heterocycles. The highest BCUT2D eigenvalue weighted by Gasteiger charge is 2.98. The first-order chi connectivity index (χ1) is 10.7. The molecule has 6 fully saturated rings. The lowest BCUT2D eigenvalue weighted by atomic mass is 9.49. The van der Waals surface area contributed by atoms with E-state index in [-0.39, 0.29) is 24.1 Å². The number of ether oxygens (including phenoxy) is 4. The predicted molar refractivity (Wildman–Crippen MR) is 78.7 cm³/mol. The number of carbonyl (C=O) groups is 1.